The molecule has 0 aliphatic heterocycles. The molecule has 0 rings (SSSR count). The van der Waals surface area contributed by atoms with Crippen LogP contribution in [0.25, 0.3) is 0 Å². The predicted molar refractivity (Wildman–Crippen MR) is 63.4 cm³/mol. The Morgan fingerprint density at radius 3 is 0.467 bits per heavy atom. The molecule has 12 N–H and O–H groups in total. The quantitative estimate of drug-likeness (QED) is 0.546. The number of rotatable bonds is 0. The molecule has 15 heavy (non-hydrogen) atoms. The normalized spacial score (nSPS) is 7.20. The standard InChI is InChI=1S/3C3H7O.3H3N/c3*1-3(2)4;;;/h3*3H,1-2H3;3*1H3/q3*-1;;;/p+3. The summed E-state index contributed by atoms with van der Waals surface area (Å²) in [5.41, 5.74) is 0. The van der Waals surface area contributed by atoms with Crippen LogP contribution in [0, 0.1) is 0 Å². The highest BCUT2D eigenvalue weighted by molar-refractivity contribution is 4.18. The van der Waals surface area contributed by atoms with E-state index in [0.717, 1.165) is 0 Å². The first-order valence-electron chi connectivity index (χ1n) is 4.17. The van der Waals surface area contributed by atoms with Gasteiger partial charge in [0.25, 0.3) is 0 Å². The maximum atomic E-state index is 9.53. The summed E-state index contributed by atoms with van der Waals surface area (Å²) < 4.78 is 0. The molecule has 0 amide bonds. The lowest BCUT2D eigenvalue weighted by Gasteiger charge is -2.02. The zero-order chi connectivity index (χ0) is 10.7. The van der Waals surface area contributed by atoms with Crippen molar-refractivity contribution < 1.29 is 15.3 Å². The smallest absolute Gasteiger partial charge is 0.0783 e. The third-order valence-electron chi connectivity index (χ3n) is 0. The second kappa shape index (κ2) is 29.2. The van der Waals surface area contributed by atoms with Crippen LogP contribution in [-0.2, 0) is 0 Å². The van der Waals surface area contributed by atoms with Gasteiger partial charge in [-0.3, -0.25) is 0 Å². The van der Waals surface area contributed by atoms with Crippen LogP contribution in [-0.4, -0.2) is 18.3 Å². The van der Waals surface area contributed by atoms with Crippen LogP contribution in [0.15, 0.2) is 0 Å². The zero-order valence-electron chi connectivity index (χ0n) is 12.0. The van der Waals surface area contributed by atoms with E-state index in [1.807, 2.05) is 0 Å². The second-order valence-electron chi connectivity index (χ2n) is 3.15. The fraction of sp³-hybridized carbons (Fsp3) is 1.00. The number of quaternary nitrogens is 3. The Hall–Kier alpha value is -0.240. The minimum absolute atomic E-state index is 0. The minimum atomic E-state index is -0.417. The van der Waals surface area contributed by atoms with Gasteiger partial charge in [0.1, 0.15) is 0 Å². The van der Waals surface area contributed by atoms with Gasteiger partial charge in [-0.05, 0) is 0 Å². The first-order valence-corrected chi connectivity index (χ1v) is 4.17. The van der Waals surface area contributed by atoms with Crippen molar-refractivity contribution in [1.82, 2.24) is 18.5 Å². The summed E-state index contributed by atoms with van der Waals surface area (Å²) in [6.45, 7) is 9.67. The molecule has 0 bridgehead atoms. The van der Waals surface area contributed by atoms with Crippen LogP contribution < -0.4 is 33.8 Å². The van der Waals surface area contributed by atoms with Crippen molar-refractivity contribution in [3.05, 3.63) is 0 Å². The number of hydrogen-bond donors (Lipinski definition) is 3. The van der Waals surface area contributed by atoms with Gasteiger partial charge in [-0.25, -0.2) is 0 Å². The fourth-order valence-corrected chi connectivity index (χ4v) is 0. The Bertz CT molecular complexity index is 49.1. The lowest BCUT2D eigenvalue weighted by atomic mass is 10.5. The molecular formula is C9H33N3O3. The molecule has 0 spiro atoms. The van der Waals surface area contributed by atoms with Gasteiger partial charge in [-0.15, -0.1) is 18.3 Å². The van der Waals surface area contributed by atoms with Crippen molar-refractivity contribution in [2.24, 2.45) is 0 Å². The molecule has 0 unspecified atom stereocenters. The van der Waals surface area contributed by atoms with Gasteiger partial charge in [0, 0.05) is 0 Å². The van der Waals surface area contributed by atoms with Crippen molar-refractivity contribution in [1.29, 1.82) is 0 Å². The van der Waals surface area contributed by atoms with E-state index >= 15 is 0 Å². The summed E-state index contributed by atoms with van der Waals surface area (Å²) >= 11 is 0. The van der Waals surface area contributed by atoms with Crippen molar-refractivity contribution in [3.8, 4) is 0 Å². The topological polar surface area (TPSA) is 179 Å². The van der Waals surface area contributed by atoms with Gasteiger partial charge in [-0.2, -0.15) is 0 Å². The average molecular weight is 231 g/mol. The molecule has 0 saturated carbocycles. The second-order valence-corrected chi connectivity index (χ2v) is 3.15. The third-order valence-corrected chi connectivity index (χ3v) is 0. The molecule has 0 saturated heterocycles. The van der Waals surface area contributed by atoms with Crippen LogP contribution in [0.1, 0.15) is 41.5 Å². The van der Waals surface area contributed by atoms with Crippen molar-refractivity contribution in [3.63, 3.8) is 0 Å². The molecule has 0 heterocycles. The summed E-state index contributed by atoms with van der Waals surface area (Å²) in [7, 11) is 0. The first-order chi connectivity index (χ1) is 5.20. The summed E-state index contributed by atoms with van der Waals surface area (Å²) in [6.07, 6.45) is -1.25. The third kappa shape index (κ3) is 33000. The molecule has 0 aliphatic rings. The van der Waals surface area contributed by atoms with Crippen LogP contribution in [0.4, 0.5) is 0 Å². The van der Waals surface area contributed by atoms with Crippen molar-refractivity contribution in [2.45, 2.75) is 59.9 Å². The lowest BCUT2D eigenvalue weighted by Crippen LogP contribution is -2.14. The Morgan fingerprint density at radius 2 is 0.467 bits per heavy atom. The highest BCUT2D eigenvalue weighted by Gasteiger charge is 1.54. The molecule has 6 nitrogen and oxygen atoms in total. The highest BCUT2D eigenvalue weighted by atomic mass is 16.3. The summed E-state index contributed by atoms with van der Waals surface area (Å²) in [5.74, 6) is 0. The summed E-state index contributed by atoms with van der Waals surface area (Å²) in [4.78, 5) is 0. The van der Waals surface area contributed by atoms with E-state index in [0.29, 0.717) is 0 Å². The van der Waals surface area contributed by atoms with E-state index in [1.165, 1.54) is 0 Å². The molecule has 6 heteroatoms. The highest BCUT2D eigenvalue weighted by Crippen LogP contribution is 1.57. The van der Waals surface area contributed by atoms with E-state index < -0.39 is 18.3 Å². The summed E-state index contributed by atoms with van der Waals surface area (Å²) in [6, 6.07) is 0. The maximum Gasteiger partial charge on any atom is -0.0783 e. The molecule has 0 aromatic rings. The van der Waals surface area contributed by atoms with Crippen LogP contribution in [0.2, 0.25) is 0 Å². The van der Waals surface area contributed by atoms with Crippen LogP contribution in [0.5, 0.6) is 0 Å². The molecular weight excluding hydrogens is 198 g/mol. The van der Waals surface area contributed by atoms with E-state index in [2.05, 4.69) is 0 Å². The molecule has 0 aromatic heterocycles. The average Bonchev–Trinajstić information content (AvgIpc) is 1.54. The monoisotopic (exact) mass is 231 g/mol. The largest absolute Gasteiger partial charge is 0.852 e. The first kappa shape index (κ1) is 36.4. The molecule has 0 atom stereocenters. The fourth-order valence-electron chi connectivity index (χ4n) is 0. The minimum Gasteiger partial charge on any atom is -0.852 e. The van der Waals surface area contributed by atoms with Gasteiger partial charge in [0.15, 0.2) is 0 Å². The SMILES string of the molecule is CC(C)[O-].CC(C)[O-].CC(C)[O-].[NH4+].[NH4+].[NH4+]. The van der Waals surface area contributed by atoms with Gasteiger partial charge < -0.3 is 33.8 Å². The van der Waals surface area contributed by atoms with Gasteiger partial charge in [-0.1, -0.05) is 41.5 Å². The maximum absolute atomic E-state index is 9.53. The van der Waals surface area contributed by atoms with Crippen LogP contribution in [0.3, 0.4) is 0 Å². The molecule has 0 radical (unpaired) electrons. The summed E-state index contributed by atoms with van der Waals surface area (Å²) in [5, 5.41) is 28.6. The van der Waals surface area contributed by atoms with Gasteiger partial charge >= 0.3 is 0 Å². The van der Waals surface area contributed by atoms with Crippen molar-refractivity contribution in [2.75, 3.05) is 0 Å². The number of hydrogen-bond acceptors (Lipinski definition) is 3. The molecule has 0 aromatic carbocycles. The molecule has 0 fully saturated rings. The Morgan fingerprint density at radius 1 is 0.467 bits per heavy atom. The Kier molecular flexibility index (Phi) is 70.9. The predicted octanol–water partition coefficient (Wildman–Crippen LogP) is 0.394. The van der Waals surface area contributed by atoms with E-state index in [1.54, 1.807) is 41.5 Å². The van der Waals surface area contributed by atoms with E-state index in [-0.39, 0.29) is 18.5 Å². The molecule has 0 aliphatic carbocycles. The lowest BCUT2D eigenvalue weighted by molar-refractivity contribution is -0.408. The van der Waals surface area contributed by atoms with Crippen LogP contribution >= 0.6 is 0 Å². The van der Waals surface area contributed by atoms with Crippen molar-refractivity contribution >= 4 is 0 Å². The van der Waals surface area contributed by atoms with E-state index in [9.17, 15) is 15.3 Å². The Labute approximate surface area is 94.5 Å². The molecule has 102 valence electrons. The van der Waals surface area contributed by atoms with Gasteiger partial charge in [0.2, 0.25) is 0 Å². The Balaban J connectivity index is -0.0000000184. The van der Waals surface area contributed by atoms with Gasteiger partial charge in [0.05, 0.1) is 0 Å². The van der Waals surface area contributed by atoms with E-state index in [4.69, 9.17) is 0 Å². The zero-order valence-corrected chi connectivity index (χ0v) is 12.0.